The van der Waals surface area contributed by atoms with Crippen LogP contribution in [0.25, 0.3) is 0 Å². The van der Waals surface area contributed by atoms with E-state index in [1.165, 1.54) is 5.56 Å². The quantitative estimate of drug-likeness (QED) is 0.806. The molecule has 0 aliphatic carbocycles. The SMILES string of the molecule is Cc1cc(OCC(C)C)ccc1C(C)CC(O)C(C)O. The number of hydrogen-bond acceptors (Lipinski definition) is 3. The van der Waals surface area contributed by atoms with Gasteiger partial charge in [0, 0.05) is 0 Å². The molecule has 3 atom stereocenters. The molecular weight excluding hydrogens is 252 g/mol. The second kappa shape index (κ2) is 7.65. The van der Waals surface area contributed by atoms with E-state index >= 15 is 0 Å². The Bertz CT molecular complexity index is 413. The molecule has 0 bridgehead atoms. The zero-order chi connectivity index (χ0) is 15.3. The number of aliphatic hydroxyl groups excluding tert-OH is 2. The van der Waals surface area contributed by atoms with Crippen LogP contribution in [0.4, 0.5) is 0 Å². The fourth-order valence-electron chi connectivity index (χ4n) is 2.24. The van der Waals surface area contributed by atoms with Crippen molar-refractivity contribution in [3.05, 3.63) is 29.3 Å². The Morgan fingerprint density at radius 1 is 1.10 bits per heavy atom. The number of hydrogen-bond donors (Lipinski definition) is 2. The third-order valence-electron chi connectivity index (χ3n) is 3.51. The van der Waals surface area contributed by atoms with Crippen LogP contribution in [0.15, 0.2) is 18.2 Å². The molecule has 0 radical (unpaired) electrons. The highest BCUT2D eigenvalue weighted by molar-refractivity contribution is 5.36. The van der Waals surface area contributed by atoms with Gasteiger partial charge in [0.25, 0.3) is 0 Å². The average Bonchev–Trinajstić information content (AvgIpc) is 2.35. The normalized spacial score (nSPS) is 16.0. The first-order valence-corrected chi connectivity index (χ1v) is 7.40. The highest BCUT2D eigenvalue weighted by Gasteiger charge is 2.17. The van der Waals surface area contributed by atoms with Gasteiger partial charge in [-0.2, -0.15) is 0 Å². The van der Waals surface area contributed by atoms with Gasteiger partial charge in [0.05, 0.1) is 18.8 Å². The largest absolute Gasteiger partial charge is 0.493 e. The van der Waals surface area contributed by atoms with Crippen LogP contribution in [0.1, 0.15) is 51.2 Å². The second-order valence-electron chi connectivity index (χ2n) is 6.17. The highest BCUT2D eigenvalue weighted by Crippen LogP contribution is 2.27. The summed E-state index contributed by atoms with van der Waals surface area (Å²) in [5.74, 6) is 1.61. The zero-order valence-corrected chi connectivity index (χ0v) is 13.3. The molecule has 0 spiro atoms. The van der Waals surface area contributed by atoms with Crippen LogP contribution in [0.2, 0.25) is 0 Å². The molecule has 3 heteroatoms. The number of aryl methyl sites for hydroxylation is 1. The smallest absolute Gasteiger partial charge is 0.119 e. The molecule has 20 heavy (non-hydrogen) atoms. The first-order valence-electron chi connectivity index (χ1n) is 7.40. The fraction of sp³-hybridized carbons (Fsp3) is 0.647. The van der Waals surface area contributed by atoms with Crippen molar-refractivity contribution in [2.75, 3.05) is 6.61 Å². The van der Waals surface area contributed by atoms with Gasteiger partial charge >= 0.3 is 0 Å². The maximum atomic E-state index is 9.77. The van der Waals surface area contributed by atoms with Gasteiger partial charge in [0.1, 0.15) is 5.75 Å². The van der Waals surface area contributed by atoms with E-state index in [4.69, 9.17) is 4.74 Å². The molecule has 2 N–H and O–H groups in total. The molecule has 1 aromatic rings. The molecule has 0 aliphatic heterocycles. The Kier molecular flexibility index (Phi) is 6.50. The molecule has 0 aliphatic rings. The van der Waals surface area contributed by atoms with E-state index in [-0.39, 0.29) is 5.92 Å². The van der Waals surface area contributed by atoms with Crippen LogP contribution in [-0.4, -0.2) is 29.0 Å². The summed E-state index contributed by atoms with van der Waals surface area (Å²) in [6.07, 6.45) is -0.808. The van der Waals surface area contributed by atoms with E-state index in [1.54, 1.807) is 6.92 Å². The van der Waals surface area contributed by atoms with Crippen LogP contribution in [-0.2, 0) is 0 Å². The Labute approximate surface area is 122 Å². The van der Waals surface area contributed by atoms with Crippen molar-refractivity contribution in [1.29, 1.82) is 0 Å². The van der Waals surface area contributed by atoms with Crippen molar-refractivity contribution in [3.63, 3.8) is 0 Å². The molecule has 1 rings (SSSR count). The minimum absolute atomic E-state index is 0.207. The number of ether oxygens (including phenoxy) is 1. The van der Waals surface area contributed by atoms with E-state index in [2.05, 4.69) is 33.8 Å². The fourth-order valence-corrected chi connectivity index (χ4v) is 2.24. The molecule has 3 unspecified atom stereocenters. The molecular formula is C17H28O3. The Morgan fingerprint density at radius 3 is 2.25 bits per heavy atom. The maximum Gasteiger partial charge on any atom is 0.119 e. The summed E-state index contributed by atoms with van der Waals surface area (Å²) in [5.41, 5.74) is 2.36. The van der Waals surface area contributed by atoms with Gasteiger partial charge in [-0.25, -0.2) is 0 Å². The van der Waals surface area contributed by atoms with Crippen molar-refractivity contribution in [3.8, 4) is 5.75 Å². The molecule has 3 nitrogen and oxygen atoms in total. The number of benzene rings is 1. The van der Waals surface area contributed by atoms with Crippen molar-refractivity contribution in [2.24, 2.45) is 5.92 Å². The summed E-state index contributed by atoms with van der Waals surface area (Å²) in [7, 11) is 0. The summed E-state index contributed by atoms with van der Waals surface area (Å²) in [5, 5.41) is 19.2. The molecule has 0 fully saturated rings. The zero-order valence-electron chi connectivity index (χ0n) is 13.3. The minimum atomic E-state index is -0.689. The molecule has 1 aromatic carbocycles. The monoisotopic (exact) mass is 280 g/mol. The predicted molar refractivity (Wildman–Crippen MR) is 82.2 cm³/mol. The summed E-state index contributed by atoms with van der Waals surface area (Å²) in [6.45, 7) is 10.7. The van der Waals surface area contributed by atoms with E-state index < -0.39 is 12.2 Å². The standard InChI is InChI=1S/C17H28O3/c1-11(2)10-20-15-6-7-16(12(3)8-15)13(4)9-17(19)14(5)18/h6-8,11,13-14,17-19H,9-10H2,1-5H3. The van der Waals surface area contributed by atoms with Gasteiger partial charge < -0.3 is 14.9 Å². The van der Waals surface area contributed by atoms with Gasteiger partial charge in [-0.3, -0.25) is 0 Å². The lowest BCUT2D eigenvalue weighted by atomic mass is 9.90. The molecule has 0 amide bonds. The van der Waals surface area contributed by atoms with E-state index in [1.807, 2.05) is 12.1 Å². The topological polar surface area (TPSA) is 49.7 Å². The summed E-state index contributed by atoms with van der Waals surface area (Å²) in [6, 6.07) is 6.09. The molecule has 0 heterocycles. The van der Waals surface area contributed by atoms with Crippen LogP contribution in [0.5, 0.6) is 5.75 Å². The lowest BCUT2D eigenvalue weighted by molar-refractivity contribution is 0.0227. The lowest BCUT2D eigenvalue weighted by Crippen LogP contribution is -2.24. The van der Waals surface area contributed by atoms with Crippen LogP contribution in [0.3, 0.4) is 0 Å². The number of rotatable bonds is 7. The second-order valence-corrected chi connectivity index (χ2v) is 6.17. The Balaban J connectivity index is 2.72. The Hall–Kier alpha value is -1.06. The van der Waals surface area contributed by atoms with Gasteiger partial charge in [-0.1, -0.05) is 26.8 Å². The van der Waals surface area contributed by atoms with Crippen LogP contribution < -0.4 is 4.74 Å². The van der Waals surface area contributed by atoms with Crippen molar-refractivity contribution in [2.45, 2.75) is 59.2 Å². The first-order chi connectivity index (χ1) is 9.31. The summed E-state index contributed by atoms with van der Waals surface area (Å²) < 4.78 is 5.71. The van der Waals surface area contributed by atoms with Gasteiger partial charge in [0.15, 0.2) is 0 Å². The van der Waals surface area contributed by atoms with Crippen molar-refractivity contribution < 1.29 is 14.9 Å². The molecule has 0 saturated heterocycles. The third kappa shape index (κ3) is 5.14. The van der Waals surface area contributed by atoms with Gasteiger partial charge in [-0.05, 0) is 55.4 Å². The first kappa shape index (κ1) is 17.0. The maximum absolute atomic E-state index is 9.77. The Morgan fingerprint density at radius 2 is 1.75 bits per heavy atom. The van der Waals surface area contributed by atoms with Gasteiger partial charge in [-0.15, -0.1) is 0 Å². The predicted octanol–water partition coefficient (Wildman–Crippen LogP) is 3.27. The van der Waals surface area contributed by atoms with E-state index in [0.29, 0.717) is 12.3 Å². The highest BCUT2D eigenvalue weighted by atomic mass is 16.5. The van der Waals surface area contributed by atoms with Crippen molar-refractivity contribution >= 4 is 0 Å². The van der Waals surface area contributed by atoms with Crippen LogP contribution in [0, 0.1) is 12.8 Å². The lowest BCUT2D eigenvalue weighted by Gasteiger charge is -2.21. The van der Waals surface area contributed by atoms with Crippen molar-refractivity contribution in [1.82, 2.24) is 0 Å². The molecule has 0 aromatic heterocycles. The molecule has 0 saturated carbocycles. The van der Waals surface area contributed by atoms with Gasteiger partial charge in [0.2, 0.25) is 0 Å². The van der Waals surface area contributed by atoms with E-state index in [0.717, 1.165) is 17.9 Å². The third-order valence-corrected chi connectivity index (χ3v) is 3.51. The summed E-state index contributed by atoms with van der Waals surface area (Å²) >= 11 is 0. The molecule has 114 valence electrons. The van der Waals surface area contributed by atoms with Crippen LogP contribution >= 0.6 is 0 Å². The number of aliphatic hydroxyl groups is 2. The minimum Gasteiger partial charge on any atom is -0.493 e. The summed E-state index contributed by atoms with van der Waals surface area (Å²) in [4.78, 5) is 0. The average molecular weight is 280 g/mol. The van der Waals surface area contributed by atoms with E-state index in [9.17, 15) is 10.2 Å².